The third kappa shape index (κ3) is 32.4. The number of ether oxygens (including phenoxy) is 3. The molecule has 0 N–H and O–H groups in total. The predicted octanol–water partition coefficient (Wildman–Crippen LogP) is 8.68. The van der Waals surface area contributed by atoms with Gasteiger partial charge in [-0.25, -0.2) is 0 Å². The minimum Gasteiger partial charge on any atom is -0.544 e. The number of hydrogen-bond donors (Lipinski definition) is 0. The van der Waals surface area contributed by atoms with Gasteiger partial charge in [0.2, 0.25) is 0 Å². The van der Waals surface area contributed by atoms with Crippen LogP contribution < -0.4 is 5.11 Å². The van der Waals surface area contributed by atoms with Crippen molar-refractivity contribution in [2.45, 2.75) is 142 Å². The van der Waals surface area contributed by atoms with Crippen molar-refractivity contribution in [3.8, 4) is 0 Å². The smallest absolute Gasteiger partial charge is 0.306 e. The molecule has 0 aliphatic heterocycles. The number of likely N-dealkylation sites (N-methyl/N-ethyl adjacent to an activating group) is 1. The van der Waals surface area contributed by atoms with E-state index in [2.05, 4.69) is 86.8 Å². The summed E-state index contributed by atoms with van der Waals surface area (Å²) in [6.45, 7) is 4.38. The zero-order valence-electron chi connectivity index (χ0n) is 32.7. The number of nitrogens with zero attached hydrogens (tertiary/aromatic N) is 1. The Balaban J connectivity index is 4.54. The first kappa shape index (κ1) is 47.8. The molecule has 0 heterocycles. The molecule has 2 atom stereocenters. The Morgan fingerprint density at radius 2 is 1.12 bits per heavy atom. The van der Waals surface area contributed by atoms with Gasteiger partial charge >= 0.3 is 11.9 Å². The van der Waals surface area contributed by atoms with Crippen molar-refractivity contribution in [1.29, 1.82) is 0 Å². The first-order valence-corrected chi connectivity index (χ1v) is 19.5. The van der Waals surface area contributed by atoms with Crippen molar-refractivity contribution in [2.75, 3.05) is 41.0 Å². The average Bonchev–Trinajstić information content (AvgIpc) is 3.08. The second-order valence-electron chi connectivity index (χ2n) is 13.8. The summed E-state index contributed by atoms with van der Waals surface area (Å²) in [7, 11) is 5.36. The van der Waals surface area contributed by atoms with Gasteiger partial charge in [0.1, 0.15) is 12.6 Å². The van der Waals surface area contributed by atoms with E-state index in [1.165, 1.54) is 12.8 Å². The Bertz CT molecular complexity index is 1060. The normalized spacial score (nSPS) is 13.8. The fourth-order valence-electron chi connectivity index (χ4n) is 5.05. The maximum absolute atomic E-state index is 12.6. The maximum Gasteiger partial charge on any atom is 0.306 e. The highest BCUT2D eigenvalue weighted by molar-refractivity contribution is 5.70. The van der Waals surface area contributed by atoms with Crippen LogP contribution in [0, 0.1) is 0 Å². The Labute approximate surface area is 311 Å². The van der Waals surface area contributed by atoms with E-state index in [9.17, 15) is 19.5 Å². The molecule has 0 rings (SSSR count). The summed E-state index contributed by atoms with van der Waals surface area (Å²) in [5, 5.41) is 11.6. The second-order valence-corrected chi connectivity index (χ2v) is 13.8. The van der Waals surface area contributed by atoms with Gasteiger partial charge < -0.3 is 28.6 Å². The van der Waals surface area contributed by atoms with Crippen LogP contribution in [0.3, 0.4) is 0 Å². The summed E-state index contributed by atoms with van der Waals surface area (Å²) in [6.07, 6.45) is 40.8. The van der Waals surface area contributed by atoms with Crippen LogP contribution in [0.25, 0.3) is 0 Å². The van der Waals surface area contributed by atoms with Gasteiger partial charge in [-0.3, -0.25) is 9.59 Å². The second kappa shape index (κ2) is 33.9. The molecule has 8 nitrogen and oxygen atoms in total. The van der Waals surface area contributed by atoms with Gasteiger partial charge in [-0.05, 0) is 70.6 Å². The third-order valence-electron chi connectivity index (χ3n) is 8.06. The van der Waals surface area contributed by atoms with Crippen molar-refractivity contribution in [3.05, 3.63) is 72.9 Å². The molecule has 0 bridgehead atoms. The molecule has 8 heteroatoms. The highest BCUT2D eigenvalue weighted by Crippen LogP contribution is 2.11. The standard InChI is InChI=1S/C43H71NO7/c1-6-8-10-12-14-16-18-19-20-21-22-23-24-26-28-30-32-34-42(46)51-39(37-49-36-35-40(43(47)48)44(3,4)5)38-50-41(45)33-31-29-27-25-17-15-13-11-9-7-2/h8,10-11,13-14,16,19-20,22-23,26,28,39-40H,6-7,9,12,15,17-18,21,24-25,27,29-38H2,1-5H3/b10-8-,13-11-,16-14-,20-19-,23-22-,28-26-. The van der Waals surface area contributed by atoms with E-state index in [0.717, 1.165) is 77.0 Å². The monoisotopic (exact) mass is 714 g/mol. The lowest BCUT2D eigenvalue weighted by Gasteiger charge is -2.34. The molecule has 0 saturated heterocycles. The molecule has 0 radical (unpaired) electrons. The summed E-state index contributed by atoms with van der Waals surface area (Å²) in [5.74, 6) is -1.84. The number of allylic oxidation sites excluding steroid dienone is 12. The number of carboxylic acids is 1. The van der Waals surface area contributed by atoms with Crippen LogP contribution in [-0.4, -0.2) is 75.5 Å². The fourth-order valence-corrected chi connectivity index (χ4v) is 5.05. The van der Waals surface area contributed by atoms with E-state index in [1.807, 2.05) is 0 Å². The highest BCUT2D eigenvalue weighted by atomic mass is 16.6. The molecule has 0 fully saturated rings. The minimum absolute atomic E-state index is 0.0113. The van der Waals surface area contributed by atoms with Gasteiger partial charge in [0.25, 0.3) is 0 Å². The van der Waals surface area contributed by atoms with Crippen molar-refractivity contribution in [3.63, 3.8) is 0 Å². The molecule has 0 spiro atoms. The number of quaternary nitrogens is 1. The first-order valence-electron chi connectivity index (χ1n) is 19.5. The van der Waals surface area contributed by atoms with E-state index in [0.29, 0.717) is 12.8 Å². The molecular weight excluding hydrogens is 642 g/mol. The summed E-state index contributed by atoms with van der Waals surface area (Å²) in [4.78, 5) is 36.6. The quantitative estimate of drug-likeness (QED) is 0.0290. The lowest BCUT2D eigenvalue weighted by atomic mass is 10.1. The molecule has 0 aliphatic rings. The molecule has 0 aromatic rings. The third-order valence-corrected chi connectivity index (χ3v) is 8.06. The fraction of sp³-hybridized carbons (Fsp3) is 0.651. The number of rotatable bonds is 33. The number of unbranched alkanes of at least 4 members (excludes halogenated alkanes) is 7. The number of esters is 2. The van der Waals surface area contributed by atoms with E-state index < -0.39 is 18.1 Å². The van der Waals surface area contributed by atoms with E-state index >= 15 is 0 Å². The Morgan fingerprint density at radius 3 is 1.71 bits per heavy atom. The highest BCUT2D eigenvalue weighted by Gasteiger charge is 2.25. The molecule has 0 aromatic carbocycles. The number of carboxylic acid groups (broad SMARTS) is 1. The van der Waals surface area contributed by atoms with Crippen molar-refractivity contribution in [2.24, 2.45) is 0 Å². The van der Waals surface area contributed by atoms with E-state index in [-0.39, 0.29) is 49.1 Å². The van der Waals surface area contributed by atoms with Crippen LogP contribution in [-0.2, 0) is 28.6 Å². The summed E-state index contributed by atoms with van der Waals surface area (Å²) >= 11 is 0. The predicted molar refractivity (Wildman–Crippen MR) is 208 cm³/mol. The molecule has 51 heavy (non-hydrogen) atoms. The van der Waals surface area contributed by atoms with Crippen LogP contribution in [0.5, 0.6) is 0 Å². The molecule has 290 valence electrons. The lowest BCUT2D eigenvalue weighted by Crippen LogP contribution is -2.55. The molecular formula is C43H71NO7. The summed E-state index contributed by atoms with van der Waals surface area (Å²) < 4.78 is 17.0. The Morgan fingerprint density at radius 1 is 0.608 bits per heavy atom. The van der Waals surface area contributed by atoms with Crippen molar-refractivity contribution < 1.29 is 38.2 Å². The van der Waals surface area contributed by atoms with Gasteiger partial charge in [0.15, 0.2) is 6.10 Å². The number of hydrogen-bond acceptors (Lipinski definition) is 7. The topological polar surface area (TPSA) is 102 Å². The summed E-state index contributed by atoms with van der Waals surface area (Å²) in [5.41, 5.74) is 0. The van der Waals surface area contributed by atoms with Crippen LogP contribution in [0.4, 0.5) is 0 Å². The molecule has 2 unspecified atom stereocenters. The van der Waals surface area contributed by atoms with Gasteiger partial charge in [0.05, 0.1) is 40.3 Å². The SMILES string of the molecule is CC/C=C\C/C=C\C/C=C\C/C=C\C/C=C\CCCC(=O)OC(COCCC(C(=O)[O-])[N+](C)(C)C)COC(=O)CCCCCCC/C=C\CCC. The summed E-state index contributed by atoms with van der Waals surface area (Å²) in [6, 6.07) is -0.739. The first-order chi connectivity index (χ1) is 24.6. The van der Waals surface area contributed by atoms with Gasteiger partial charge in [-0.1, -0.05) is 112 Å². The van der Waals surface area contributed by atoms with E-state index in [4.69, 9.17) is 14.2 Å². The van der Waals surface area contributed by atoms with Crippen LogP contribution in [0.1, 0.15) is 129 Å². The van der Waals surface area contributed by atoms with Crippen molar-refractivity contribution >= 4 is 17.9 Å². The number of aliphatic carboxylic acids is 1. The Hall–Kier alpha value is -3.23. The van der Waals surface area contributed by atoms with Gasteiger partial charge in [-0.2, -0.15) is 0 Å². The molecule has 0 aromatic heterocycles. The van der Waals surface area contributed by atoms with Gasteiger partial charge in [0, 0.05) is 19.3 Å². The van der Waals surface area contributed by atoms with Crippen LogP contribution in [0.2, 0.25) is 0 Å². The molecule has 0 amide bonds. The largest absolute Gasteiger partial charge is 0.544 e. The zero-order valence-corrected chi connectivity index (χ0v) is 32.7. The van der Waals surface area contributed by atoms with Gasteiger partial charge in [-0.15, -0.1) is 0 Å². The van der Waals surface area contributed by atoms with Crippen molar-refractivity contribution in [1.82, 2.24) is 0 Å². The maximum atomic E-state index is 12.6. The molecule has 0 saturated carbocycles. The lowest BCUT2D eigenvalue weighted by molar-refractivity contribution is -0.889. The Kier molecular flexibility index (Phi) is 31.7. The van der Waals surface area contributed by atoms with Crippen LogP contribution in [0.15, 0.2) is 72.9 Å². The number of carbonyl (C=O) groups is 3. The minimum atomic E-state index is -1.14. The number of carbonyl (C=O) groups excluding carboxylic acids is 3. The van der Waals surface area contributed by atoms with Crippen LogP contribution >= 0.6 is 0 Å². The zero-order chi connectivity index (χ0) is 37.8. The average molecular weight is 714 g/mol. The van der Waals surface area contributed by atoms with E-state index in [1.54, 1.807) is 21.1 Å². The molecule has 0 aliphatic carbocycles.